The van der Waals surface area contributed by atoms with Gasteiger partial charge < -0.3 is 9.84 Å². The minimum absolute atomic E-state index is 0.315. The molecule has 1 rings (SSSR count). The molecule has 72 valence electrons. The van der Waals surface area contributed by atoms with Crippen LogP contribution in [0.3, 0.4) is 0 Å². The normalized spacial score (nSPS) is 33.2. The quantitative estimate of drug-likeness (QED) is 0.705. The van der Waals surface area contributed by atoms with Gasteiger partial charge in [-0.2, -0.15) is 0 Å². The van der Waals surface area contributed by atoms with Crippen LogP contribution in [0, 0.1) is 5.92 Å². The second kappa shape index (κ2) is 4.83. The Kier molecular flexibility index (Phi) is 4.02. The maximum absolute atomic E-state index is 9.01. The Balaban J connectivity index is 2.09. The van der Waals surface area contributed by atoms with E-state index in [2.05, 4.69) is 6.92 Å². The van der Waals surface area contributed by atoms with E-state index in [4.69, 9.17) is 9.84 Å². The van der Waals surface area contributed by atoms with Crippen LogP contribution in [0.5, 0.6) is 0 Å². The van der Waals surface area contributed by atoms with Gasteiger partial charge in [-0.15, -0.1) is 0 Å². The molecule has 0 amide bonds. The fourth-order valence-corrected chi connectivity index (χ4v) is 1.67. The zero-order valence-corrected chi connectivity index (χ0v) is 8.12. The van der Waals surface area contributed by atoms with Crippen molar-refractivity contribution in [1.82, 2.24) is 0 Å². The van der Waals surface area contributed by atoms with E-state index in [9.17, 15) is 0 Å². The Morgan fingerprint density at radius 3 is 2.42 bits per heavy atom. The monoisotopic (exact) mass is 172 g/mol. The second-order valence-corrected chi connectivity index (χ2v) is 4.06. The van der Waals surface area contributed by atoms with E-state index in [1.165, 1.54) is 25.7 Å². The highest BCUT2D eigenvalue weighted by atomic mass is 16.5. The first-order valence-corrected chi connectivity index (χ1v) is 4.98. The molecule has 0 aromatic carbocycles. The van der Waals surface area contributed by atoms with Crippen molar-refractivity contribution in [3.8, 4) is 0 Å². The first-order chi connectivity index (χ1) is 5.68. The van der Waals surface area contributed by atoms with Crippen LogP contribution < -0.4 is 0 Å². The van der Waals surface area contributed by atoms with Gasteiger partial charge in [-0.25, -0.2) is 0 Å². The summed E-state index contributed by atoms with van der Waals surface area (Å²) in [5.41, 5.74) is 0. The third-order valence-electron chi connectivity index (χ3n) is 2.54. The van der Waals surface area contributed by atoms with Crippen LogP contribution in [0.15, 0.2) is 0 Å². The lowest BCUT2D eigenvalue weighted by atomic mass is 9.89. The molecule has 1 fully saturated rings. The third kappa shape index (κ3) is 3.55. The molecule has 0 saturated heterocycles. The predicted molar refractivity (Wildman–Crippen MR) is 49.1 cm³/mol. The van der Waals surface area contributed by atoms with Crippen LogP contribution in [-0.4, -0.2) is 23.9 Å². The maximum Gasteiger partial charge on any atom is 0.0745 e. The smallest absolute Gasteiger partial charge is 0.0745 e. The number of hydrogen-bond acceptors (Lipinski definition) is 2. The van der Waals surface area contributed by atoms with Gasteiger partial charge in [-0.3, -0.25) is 0 Å². The highest BCUT2D eigenvalue weighted by Gasteiger charge is 2.18. The van der Waals surface area contributed by atoms with Crippen molar-refractivity contribution in [2.24, 2.45) is 5.92 Å². The van der Waals surface area contributed by atoms with E-state index in [0.717, 1.165) is 5.92 Å². The molecule has 1 saturated carbocycles. The molecule has 0 unspecified atom stereocenters. The van der Waals surface area contributed by atoms with E-state index < -0.39 is 0 Å². The molecule has 0 bridgehead atoms. The van der Waals surface area contributed by atoms with Gasteiger partial charge in [-0.1, -0.05) is 6.92 Å². The molecule has 2 nitrogen and oxygen atoms in total. The largest absolute Gasteiger partial charge is 0.391 e. The third-order valence-corrected chi connectivity index (χ3v) is 2.54. The highest BCUT2D eigenvalue weighted by Crippen LogP contribution is 2.25. The molecule has 1 atom stereocenters. The van der Waals surface area contributed by atoms with E-state index in [1.807, 2.05) is 0 Å². The lowest BCUT2D eigenvalue weighted by molar-refractivity contribution is -0.0230. The van der Waals surface area contributed by atoms with Gasteiger partial charge in [-0.05, 0) is 38.5 Å². The Bertz CT molecular complexity index is 115. The van der Waals surface area contributed by atoms with Crippen LogP contribution in [0.1, 0.15) is 39.5 Å². The Labute approximate surface area is 74.9 Å². The van der Waals surface area contributed by atoms with E-state index in [1.54, 1.807) is 6.92 Å². The summed E-state index contributed by atoms with van der Waals surface area (Å²) < 4.78 is 5.54. The van der Waals surface area contributed by atoms with Crippen LogP contribution in [0.25, 0.3) is 0 Å². The topological polar surface area (TPSA) is 29.5 Å². The molecule has 2 heteroatoms. The van der Waals surface area contributed by atoms with E-state index >= 15 is 0 Å². The summed E-state index contributed by atoms with van der Waals surface area (Å²) in [6.07, 6.45) is 5.01. The summed E-state index contributed by atoms with van der Waals surface area (Å²) in [4.78, 5) is 0. The van der Waals surface area contributed by atoms with Crippen molar-refractivity contribution >= 4 is 0 Å². The number of rotatable bonds is 3. The number of hydrogen-bond donors (Lipinski definition) is 1. The summed E-state index contributed by atoms with van der Waals surface area (Å²) in [7, 11) is 0. The Morgan fingerprint density at radius 1 is 1.33 bits per heavy atom. The summed E-state index contributed by atoms with van der Waals surface area (Å²) in [5.74, 6) is 0.872. The zero-order valence-electron chi connectivity index (χ0n) is 8.12. The molecule has 1 aliphatic rings. The standard InChI is InChI=1S/C10H20O2/c1-8-3-5-10(6-4-8)12-7-9(2)11/h8-11H,3-7H2,1-2H3/t8?,9-,10?/m0/s1. The van der Waals surface area contributed by atoms with Gasteiger partial charge in [0.05, 0.1) is 18.8 Å². The summed E-state index contributed by atoms with van der Waals surface area (Å²) in [5, 5.41) is 9.01. The van der Waals surface area contributed by atoms with Crippen molar-refractivity contribution in [2.45, 2.75) is 51.7 Å². The molecular formula is C10H20O2. The van der Waals surface area contributed by atoms with Crippen molar-refractivity contribution in [3.63, 3.8) is 0 Å². The van der Waals surface area contributed by atoms with Crippen LogP contribution >= 0.6 is 0 Å². The summed E-state index contributed by atoms with van der Waals surface area (Å²) in [6.45, 7) is 4.56. The predicted octanol–water partition coefficient (Wildman–Crippen LogP) is 1.96. The van der Waals surface area contributed by atoms with Crippen LogP contribution in [0.4, 0.5) is 0 Å². The average Bonchev–Trinajstić information content (AvgIpc) is 2.03. The van der Waals surface area contributed by atoms with Gasteiger partial charge in [0.15, 0.2) is 0 Å². The van der Waals surface area contributed by atoms with Gasteiger partial charge in [0.2, 0.25) is 0 Å². The lowest BCUT2D eigenvalue weighted by Crippen LogP contribution is -2.24. The SMILES string of the molecule is CC1CCC(OC[C@H](C)O)CC1. The van der Waals surface area contributed by atoms with Gasteiger partial charge in [0.1, 0.15) is 0 Å². The lowest BCUT2D eigenvalue weighted by Gasteiger charge is -2.26. The summed E-state index contributed by atoms with van der Waals surface area (Å²) in [6, 6.07) is 0. The van der Waals surface area contributed by atoms with Crippen molar-refractivity contribution in [3.05, 3.63) is 0 Å². The fourth-order valence-electron chi connectivity index (χ4n) is 1.67. The molecule has 0 spiro atoms. The minimum atomic E-state index is -0.315. The fraction of sp³-hybridized carbons (Fsp3) is 1.00. The molecule has 12 heavy (non-hydrogen) atoms. The molecular weight excluding hydrogens is 152 g/mol. The van der Waals surface area contributed by atoms with Crippen molar-refractivity contribution in [2.75, 3.05) is 6.61 Å². The molecule has 0 aliphatic heterocycles. The Hall–Kier alpha value is -0.0800. The van der Waals surface area contributed by atoms with E-state index in [-0.39, 0.29) is 6.10 Å². The van der Waals surface area contributed by atoms with Crippen molar-refractivity contribution < 1.29 is 9.84 Å². The van der Waals surface area contributed by atoms with Crippen molar-refractivity contribution in [1.29, 1.82) is 0 Å². The number of aliphatic hydroxyl groups is 1. The summed E-state index contributed by atoms with van der Waals surface area (Å²) >= 11 is 0. The number of ether oxygens (including phenoxy) is 1. The molecule has 1 N–H and O–H groups in total. The second-order valence-electron chi connectivity index (χ2n) is 4.06. The molecule has 0 heterocycles. The molecule has 1 aliphatic carbocycles. The Morgan fingerprint density at radius 2 is 1.92 bits per heavy atom. The van der Waals surface area contributed by atoms with Crippen LogP contribution in [-0.2, 0) is 4.74 Å². The molecule has 0 aromatic heterocycles. The minimum Gasteiger partial charge on any atom is -0.391 e. The maximum atomic E-state index is 9.01. The zero-order chi connectivity index (χ0) is 8.97. The van der Waals surface area contributed by atoms with Crippen LogP contribution in [0.2, 0.25) is 0 Å². The van der Waals surface area contributed by atoms with Gasteiger partial charge >= 0.3 is 0 Å². The van der Waals surface area contributed by atoms with Gasteiger partial charge in [0, 0.05) is 0 Å². The average molecular weight is 172 g/mol. The van der Waals surface area contributed by atoms with E-state index in [0.29, 0.717) is 12.7 Å². The highest BCUT2D eigenvalue weighted by molar-refractivity contribution is 4.70. The molecule has 0 radical (unpaired) electrons. The number of aliphatic hydroxyl groups excluding tert-OH is 1. The van der Waals surface area contributed by atoms with Gasteiger partial charge in [0.25, 0.3) is 0 Å². The first-order valence-electron chi connectivity index (χ1n) is 4.98. The first kappa shape index (κ1) is 10.0. The molecule has 0 aromatic rings.